The number of benzene rings is 2. The summed E-state index contributed by atoms with van der Waals surface area (Å²) in [5, 5.41) is 0. The van der Waals surface area contributed by atoms with Gasteiger partial charge in [-0.2, -0.15) is 0 Å². The summed E-state index contributed by atoms with van der Waals surface area (Å²) < 4.78 is 0. The van der Waals surface area contributed by atoms with Crippen LogP contribution in [0.1, 0.15) is 49.8 Å². The fourth-order valence-electron chi connectivity index (χ4n) is 2.55. The van der Waals surface area contributed by atoms with Crippen molar-refractivity contribution in [1.82, 2.24) is 0 Å². The Balaban J connectivity index is 2.39. The molecule has 1 atom stereocenters. The number of hydrogen-bond donors (Lipinski definition) is 0. The van der Waals surface area contributed by atoms with Gasteiger partial charge in [0.05, 0.1) is 0 Å². The molecule has 0 aromatic heterocycles. The lowest BCUT2D eigenvalue weighted by Gasteiger charge is -2.12. The molecule has 0 spiro atoms. The summed E-state index contributed by atoms with van der Waals surface area (Å²) in [7, 11) is 0. The Kier molecular flexibility index (Phi) is 4.79. The second-order valence-corrected chi connectivity index (χ2v) is 5.45. The van der Waals surface area contributed by atoms with Gasteiger partial charge in [-0.3, -0.25) is 0 Å². The van der Waals surface area contributed by atoms with Crippen LogP contribution in [-0.4, -0.2) is 0 Å². The largest absolute Gasteiger partial charge is 0.0871 e. The first kappa shape index (κ1) is 14.6. The van der Waals surface area contributed by atoms with E-state index in [0.717, 1.165) is 0 Å². The summed E-state index contributed by atoms with van der Waals surface area (Å²) in [6.07, 6.45) is 5.46. The van der Waals surface area contributed by atoms with Gasteiger partial charge in [0, 0.05) is 0 Å². The van der Waals surface area contributed by atoms with Crippen molar-refractivity contribution in [2.24, 2.45) is 0 Å². The molecule has 0 amide bonds. The van der Waals surface area contributed by atoms with E-state index in [1.54, 1.807) is 0 Å². The van der Waals surface area contributed by atoms with Crippen molar-refractivity contribution in [2.45, 2.75) is 40.0 Å². The van der Waals surface area contributed by atoms with Crippen molar-refractivity contribution in [3.8, 4) is 11.1 Å². The predicted molar refractivity (Wildman–Crippen MR) is 90.0 cm³/mol. The SMILES string of the molecule is C/C=C\c1cccc(-c2ccc(C(C)CC)cc2)c1C. The molecule has 20 heavy (non-hydrogen) atoms. The Morgan fingerprint density at radius 2 is 1.75 bits per heavy atom. The molecule has 0 saturated carbocycles. The zero-order chi connectivity index (χ0) is 14.5. The fourth-order valence-corrected chi connectivity index (χ4v) is 2.55. The topological polar surface area (TPSA) is 0 Å². The van der Waals surface area contributed by atoms with Crippen molar-refractivity contribution in [3.05, 3.63) is 65.2 Å². The highest BCUT2D eigenvalue weighted by atomic mass is 14.1. The molecular formula is C20H24. The van der Waals surface area contributed by atoms with Crippen molar-refractivity contribution in [2.75, 3.05) is 0 Å². The van der Waals surface area contributed by atoms with E-state index in [9.17, 15) is 0 Å². The number of hydrogen-bond acceptors (Lipinski definition) is 0. The molecule has 1 unspecified atom stereocenters. The van der Waals surface area contributed by atoms with Crippen molar-refractivity contribution in [1.29, 1.82) is 0 Å². The van der Waals surface area contributed by atoms with E-state index in [2.05, 4.69) is 82.3 Å². The van der Waals surface area contributed by atoms with Crippen LogP contribution in [0.15, 0.2) is 48.5 Å². The Labute approximate surface area is 123 Å². The summed E-state index contributed by atoms with van der Waals surface area (Å²) in [6.45, 7) is 8.79. The smallest absolute Gasteiger partial charge is 0.0149 e. The molecule has 0 N–H and O–H groups in total. The van der Waals surface area contributed by atoms with E-state index in [1.807, 2.05) is 0 Å². The first-order chi connectivity index (χ1) is 9.67. The van der Waals surface area contributed by atoms with E-state index >= 15 is 0 Å². The Hall–Kier alpha value is -1.82. The third kappa shape index (κ3) is 3.01. The van der Waals surface area contributed by atoms with Gasteiger partial charge in [0.15, 0.2) is 0 Å². The second kappa shape index (κ2) is 6.56. The van der Waals surface area contributed by atoms with Gasteiger partial charge in [0.1, 0.15) is 0 Å². The summed E-state index contributed by atoms with van der Waals surface area (Å²) in [5.41, 5.74) is 6.72. The Morgan fingerprint density at radius 1 is 1.05 bits per heavy atom. The van der Waals surface area contributed by atoms with E-state index in [1.165, 1.54) is 34.2 Å². The fraction of sp³-hybridized carbons (Fsp3) is 0.300. The molecule has 0 bridgehead atoms. The summed E-state index contributed by atoms with van der Waals surface area (Å²) >= 11 is 0. The third-order valence-corrected chi connectivity index (χ3v) is 4.13. The van der Waals surface area contributed by atoms with Crippen LogP contribution >= 0.6 is 0 Å². The molecule has 0 aliphatic heterocycles. The molecular weight excluding hydrogens is 240 g/mol. The highest BCUT2D eigenvalue weighted by Crippen LogP contribution is 2.28. The average molecular weight is 264 g/mol. The van der Waals surface area contributed by atoms with Crippen LogP contribution in [-0.2, 0) is 0 Å². The number of rotatable bonds is 4. The molecule has 2 aromatic carbocycles. The normalized spacial score (nSPS) is 12.8. The van der Waals surface area contributed by atoms with E-state index in [4.69, 9.17) is 0 Å². The van der Waals surface area contributed by atoms with Gasteiger partial charge in [-0.25, -0.2) is 0 Å². The maximum absolute atomic E-state index is 2.28. The van der Waals surface area contributed by atoms with Crippen LogP contribution in [0, 0.1) is 6.92 Å². The van der Waals surface area contributed by atoms with E-state index in [0.29, 0.717) is 5.92 Å². The molecule has 104 valence electrons. The summed E-state index contributed by atoms with van der Waals surface area (Å²) in [4.78, 5) is 0. The summed E-state index contributed by atoms with van der Waals surface area (Å²) in [6, 6.07) is 15.6. The van der Waals surface area contributed by atoms with Crippen molar-refractivity contribution < 1.29 is 0 Å². The van der Waals surface area contributed by atoms with Crippen LogP contribution in [0.2, 0.25) is 0 Å². The molecule has 0 aliphatic rings. The molecule has 2 rings (SSSR count). The summed E-state index contributed by atoms with van der Waals surface area (Å²) in [5.74, 6) is 0.638. The standard InChI is InChI=1S/C20H24/c1-5-8-18-9-7-10-20(16(18)4)19-13-11-17(12-14-19)15(3)6-2/h5,7-15H,6H2,1-4H3/b8-5-. The molecule has 0 saturated heterocycles. The number of allylic oxidation sites excluding steroid dienone is 1. The third-order valence-electron chi connectivity index (χ3n) is 4.13. The minimum absolute atomic E-state index is 0.638. The van der Waals surface area contributed by atoms with Crippen molar-refractivity contribution >= 4 is 6.08 Å². The highest BCUT2D eigenvalue weighted by Gasteiger charge is 2.06. The minimum atomic E-state index is 0.638. The van der Waals surface area contributed by atoms with Gasteiger partial charge < -0.3 is 0 Å². The van der Waals surface area contributed by atoms with Crippen LogP contribution < -0.4 is 0 Å². The van der Waals surface area contributed by atoms with Crippen LogP contribution in [0.3, 0.4) is 0 Å². The molecule has 0 radical (unpaired) electrons. The Morgan fingerprint density at radius 3 is 2.35 bits per heavy atom. The van der Waals surface area contributed by atoms with Gasteiger partial charge in [-0.05, 0) is 54.0 Å². The van der Waals surface area contributed by atoms with Gasteiger partial charge in [-0.15, -0.1) is 0 Å². The minimum Gasteiger partial charge on any atom is -0.0871 e. The monoisotopic (exact) mass is 264 g/mol. The van der Waals surface area contributed by atoms with Crippen LogP contribution in [0.5, 0.6) is 0 Å². The molecule has 0 nitrogen and oxygen atoms in total. The van der Waals surface area contributed by atoms with Gasteiger partial charge in [0.25, 0.3) is 0 Å². The predicted octanol–water partition coefficient (Wildman–Crippen LogP) is 6.21. The lowest BCUT2D eigenvalue weighted by atomic mass is 9.93. The van der Waals surface area contributed by atoms with Gasteiger partial charge >= 0.3 is 0 Å². The highest BCUT2D eigenvalue weighted by molar-refractivity contribution is 5.72. The lowest BCUT2D eigenvalue weighted by Crippen LogP contribution is -1.92. The zero-order valence-electron chi connectivity index (χ0n) is 13.0. The van der Waals surface area contributed by atoms with E-state index in [-0.39, 0.29) is 0 Å². The quantitative estimate of drug-likeness (QED) is 0.616. The first-order valence-electron chi connectivity index (χ1n) is 7.50. The van der Waals surface area contributed by atoms with Gasteiger partial charge in [-0.1, -0.05) is 68.5 Å². The molecule has 2 aromatic rings. The molecule has 0 aliphatic carbocycles. The van der Waals surface area contributed by atoms with Crippen LogP contribution in [0.4, 0.5) is 0 Å². The maximum Gasteiger partial charge on any atom is -0.0149 e. The molecule has 0 heteroatoms. The lowest BCUT2D eigenvalue weighted by molar-refractivity contribution is 0.734. The Bertz CT molecular complexity index is 588. The second-order valence-electron chi connectivity index (χ2n) is 5.45. The average Bonchev–Trinajstić information content (AvgIpc) is 2.49. The van der Waals surface area contributed by atoms with Crippen LogP contribution in [0.25, 0.3) is 17.2 Å². The first-order valence-corrected chi connectivity index (χ1v) is 7.50. The van der Waals surface area contributed by atoms with E-state index < -0.39 is 0 Å². The molecule has 0 fully saturated rings. The zero-order valence-corrected chi connectivity index (χ0v) is 13.0. The maximum atomic E-state index is 2.28. The van der Waals surface area contributed by atoms with Crippen molar-refractivity contribution in [3.63, 3.8) is 0 Å². The van der Waals surface area contributed by atoms with Gasteiger partial charge in [0.2, 0.25) is 0 Å². The molecule has 0 heterocycles.